The molecule has 1 aliphatic rings. The Kier molecular flexibility index (Phi) is 3.33. The second-order valence-electron chi connectivity index (χ2n) is 4.35. The first-order chi connectivity index (χ1) is 8.20. The minimum atomic E-state index is -0.529. The van der Waals surface area contributed by atoms with Gasteiger partial charge in [0, 0.05) is 5.69 Å². The SMILES string of the molecule is CCOc1ccc(NC(=O)C2(CO)CC2)cc1. The van der Waals surface area contributed by atoms with Crippen molar-refractivity contribution in [3.8, 4) is 5.75 Å². The third kappa shape index (κ3) is 2.58. The topological polar surface area (TPSA) is 58.6 Å². The molecule has 2 N–H and O–H groups in total. The predicted octanol–water partition coefficient (Wildman–Crippen LogP) is 1.80. The van der Waals surface area contributed by atoms with E-state index in [1.807, 2.05) is 19.1 Å². The molecule has 1 aromatic carbocycles. The monoisotopic (exact) mass is 235 g/mol. The summed E-state index contributed by atoms with van der Waals surface area (Å²) in [6.45, 7) is 2.48. The highest BCUT2D eigenvalue weighted by Crippen LogP contribution is 2.45. The van der Waals surface area contributed by atoms with Gasteiger partial charge in [-0.25, -0.2) is 0 Å². The summed E-state index contributed by atoms with van der Waals surface area (Å²) in [5.74, 6) is 0.693. The molecule has 1 aromatic rings. The Morgan fingerprint density at radius 1 is 1.41 bits per heavy atom. The molecule has 0 spiro atoms. The maximum atomic E-state index is 11.8. The zero-order valence-corrected chi connectivity index (χ0v) is 9.90. The van der Waals surface area contributed by atoms with Gasteiger partial charge in [-0.15, -0.1) is 0 Å². The molecule has 0 heterocycles. The summed E-state index contributed by atoms with van der Waals surface area (Å²) in [5, 5.41) is 11.9. The Balaban J connectivity index is 1.97. The van der Waals surface area contributed by atoms with E-state index in [0.29, 0.717) is 6.61 Å². The van der Waals surface area contributed by atoms with Crippen LogP contribution in [0.15, 0.2) is 24.3 Å². The van der Waals surface area contributed by atoms with Crippen LogP contribution in [0.25, 0.3) is 0 Å². The number of rotatable bonds is 5. The predicted molar refractivity (Wildman–Crippen MR) is 65.0 cm³/mol. The van der Waals surface area contributed by atoms with Crippen LogP contribution in [0.4, 0.5) is 5.69 Å². The summed E-state index contributed by atoms with van der Waals surface area (Å²) >= 11 is 0. The minimum Gasteiger partial charge on any atom is -0.494 e. The van der Waals surface area contributed by atoms with Crippen LogP contribution in [-0.4, -0.2) is 24.2 Å². The van der Waals surface area contributed by atoms with Crippen molar-refractivity contribution in [1.29, 1.82) is 0 Å². The second kappa shape index (κ2) is 4.75. The van der Waals surface area contributed by atoms with E-state index in [1.165, 1.54) is 0 Å². The lowest BCUT2D eigenvalue weighted by Crippen LogP contribution is -2.27. The molecule has 1 aliphatic carbocycles. The number of anilines is 1. The van der Waals surface area contributed by atoms with Gasteiger partial charge in [0.05, 0.1) is 18.6 Å². The molecular weight excluding hydrogens is 218 g/mol. The highest BCUT2D eigenvalue weighted by molar-refractivity contribution is 5.97. The molecular formula is C13H17NO3. The van der Waals surface area contributed by atoms with Gasteiger partial charge in [0.15, 0.2) is 0 Å². The van der Waals surface area contributed by atoms with Gasteiger partial charge >= 0.3 is 0 Å². The molecule has 0 aromatic heterocycles. The molecule has 17 heavy (non-hydrogen) atoms. The van der Waals surface area contributed by atoms with Crippen molar-refractivity contribution in [2.24, 2.45) is 5.41 Å². The Morgan fingerprint density at radius 3 is 2.53 bits per heavy atom. The van der Waals surface area contributed by atoms with E-state index in [2.05, 4.69) is 5.32 Å². The first kappa shape index (κ1) is 11.9. The zero-order valence-electron chi connectivity index (χ0n) is 9.90. The van der Waals surface area contributed by atoms with Crippen molar-refractivity contribution in [3.05, 3.63) is 24.3 Å². The highest BCUT2D eigenvalue weighted by Gasteiger charge is 2.49. The molecule has 92 valence electrons. The number of benzene rings is 1. The van der Waals surface area contributed by atoms with Crippen LogP contribution >= 0.6 is 0 Å². The van der Waals surface area contributed by atoms with Gasteiger partial charge in [-0.3, -0.25) is 4.79 Å². The lowest BCUT2D eigenvalue weighted by atomic mass is 10.1. The molecule has 0 aliphatic heterocycles. The van der Waals surface area contributed by atoms with Gasteiger partial charge in [-0.2, -0.15) is 0 Å². The number of hydrogen-bond acceptors (Lipinski definition) is 3. The Labute approximate surface area is 101 Å². The molecule has 0 radical (unpaired) electrons. The summed E-state index contributed by atoms with van der Waals surface area (Å²) in [5.41, 5.74) is 0.205. The van der Waals surface area contributed by atoms with Crippen LogP contribution in [0.1, 0.15) is 19.8 Å². The molecule has 2 rings (SSSR count). The van der Waals surface area contributed by atoms with Crippen LogP contribution in [0.3, 0.4) is 0 Å². The van der Waals surface area contributed by atoms with Crippen molar-refractivity contribution in [2.75, 3.05) is 18.5 Å². The number of aliphatic hydroxyl groups excluding tert-OH is 1. The summed E-state index contributed by atoms with van der Waals surface area (Å²) in [6, 6.07) is 7.24. The third-order valence-corrected chi connectivity index (χ3v) is 3.06. The fraction of sp³-hybridized carbons (Fsp3) is 0.462. The van der Waals surface area contributed by atoms with Crippen LogP contribution in [0, 0.1) is 5.41 Å². The molecule has 0 bridgehead atoms. The molecule has 0 unspecified atom stereocenters. The van der Waals surface area contributed by atoms with Gasteiger partial charge in [0.25, 0.3) is 0 Å². The van der Waals surface area contributed by atoms with E-state index in [9.17, 15) is 4.79 Å². The number of nitrogens with one attached hydrogen (secondary N) is 1. The van der Waals surface area contributed by atoms with E-state index >= 15 is 0 Å². The quantitative estimate of drug-likeness (QED) is 0.818. The van der Waals surface area contributed by atoms with Crippen molar-refractivity contribution in [2.45, 2.75) is 19.8 Å². The van der Waals surface area contributed by atoms with E-state index < -0.39 is 5.41 Å². The fourth-order valence-corrected chi connectivity index (χ4v) is 1.67. The van der Waals surface area contributed by atoms with Crippen LogP contribution in [0.2, 0.25) is 0 Å². The van der Waals surface area contributed by atoms with Gasteiger partial charge in [-0.05, 0) is 44.0 Å². The molecule has 0 saturated heterocycles. The fourth-order valence-electron chi connectivity index (χ4n) is 1.67. The minimum absolute atomic E-state index is 0.0735. The van der Waals surface area contributed by atoms with E-state index in [4.69, 9.17) is 9.84 Å². The van der Waals surface area contributed by atoms with E-state index in [0.717, 1.165) is 24.3 Å². The standard InChI is InChI=1S/C13H17NO3/c1-2-17-11-5-3-10(4-6-11)14-12(16)13(9-15)7-8-13/h3-6,15H,2,7-9H2,1H3,(H,14,16). The van der Waals surface area contributed by atoms with E-state index in [1.54, 1.807) is 12.1 Å². The van der Waals surface area contributed by atoms with E-state index in [-0.39, 0.29) is 12.5 Å². The smallest absolute Gasteiger partial charge is 0.232 e. The second-order valence-corrected chi connectivity index (χ2v) is 4.35. The van der Waals surface area contributed by atoms with Gasteiger partial charge in [0.1, 0.15) is 5.75 Å². The number of ether oxygens (including phenoxy) is 1. The Hall–Kier alpha value is -1.55. The molecule has 4 nitrogen and oxygen atoms in total. The summed E-state index contributed by atoms with van der Waals surface area (Å²) in [6.07, 6.45) is 1.54. The van der Waals surface area contributed by atoms with Gasteiger partial charge in [-0.1, -0.05) is 0 Å². The maximum absolute atomic E-state index is 11.8. The molecule has 4 heteroatoms. The lowest BCUT2D eigenvalue weighted by molar-refractivity contribution is -0.122. The third-order valence-electron chi connectivity index (χ3n) is 3.06. The first-order valence-electron chi connectivity index (χ1n) is 5.85. The molecule has 0 atom stereocenters. The van der Waals surface area contributed by atoms with Crippen LogP contribution in [-0.2, 0) is 4.79 Å². The first-order valence-corrected chi connectivity index (χ1v) is 5.85. The summed E-state index contributed by atoms with van der Waals surface area (Å²) in [7, 11) is 0. The maximum Gasteiger partial charge on any atom is 0.232 e. The average molecular weight is 235 g/mol. The summed E-state index contributed by atoms with van der Waals surface area (Å²) < 4.78 is 5.31. The van der Waals surface area contributed by atoms with Gasteiger partial charge in [0.2, 0.25) is 5.91 Å². The Bertz CT molecular complexity index is 396. The van der Waals surface area contributed by atoms with Crippen molar-refractivity contribution >= 4 is 11.6 Å². The highest BCUT2D eigenvalue weighted by atomic mass is 16.5. The zero-order chi connectivity index (χ0) is 12.3. The van der Waals surface area contributed by atoms with Gasteiger partial charge < -0.3 is 15.2 Å². The van der Waals surface area contributed by atoms with Crippen LogP contribution < -0.4 is 10.1 Å². The normalized spacial score (nSPS) is 16.4. The lowest BCUT2D eigenvalue weighted by Gasteiger charge is -2.12. The number of carbonyl (C=O) groups is 1. The molecule has 1 saturated carbocycles. The average Bonchev–Trinajstić information content (AvgIpc) is 3.13. The number of carbonyl (C=O) groups excluding carboxylic acids is 1. The van der Waals surface area contributed by atoms with Crippen molar-refractivity contribution < 1.29 is 14.6 Å². The van der Waals surface area contributed by atoms with Crippen molar-refractivity contribution in [1.82, 2.24) is 0 Å². The Morgan fingerprint density at radius 2 is 2.06 bits per heavy atom. The molecule has 1 amide bonds. The molecule has 1 fully saturated rings. The number of hydrogen-bond donors (Lipinski definition) is 2. The van der Waals surface area contributed by atoms with Crippen LogP contribution in [0.5, 0.6) is 5.75 Å². The summed E-state index contributed by atoms with van der Waals surface area (Å²) in [4.78, 5) is 11.8. The largest absolute Gasteiger partial charge is 0.494 e. The van der Waals surface area contributed by atoms with Crippen molar-refractivity contribution in [3.63, 3.8) is 0 Å². The number of aliphatic hydroxyl groups is 1. The number of amides is 1.